The van der Waals surface area contributed by atoms with E-state index in [2.05, 4.69) is 30.8 Å². The van der Waals surface area contributed by atoms with Crippen LogP contribution in [0.5, 0.6) is 0 Å². The number of hydrogen-bond donors (Lipinski definition) is 2. The molecule has 2 atom stereocenters. The SMILES string of the molecule is CC(C)NCc1csc(S(=O)(=O)NC2CC2C)c1. The first-order valence-corrected chi connectivity index (χ1v) is 8.58. The van der Waals surface area contributed by atoms with Crippen molar-refractivity contribution in [2.24, 2.45) is 5.92 Å². The van der Waals surface area contributed by atoms with Gasteiger partial charge in [0.15, 0.2) is 0 Å². The molecule has 1 saturated carbocycles. The third-order valence-corrected chi connectivity index (χ3v) is 6.00. The van der Waals surface area contributed by atoms with Crippen molar-refractivity contribution < 1.29 is 8.42 Å². The van der Waals surface area contributed by atoms with Crippen molar-refractivity contribution in [1.82, 2.24) is 10.0 Å². The van der Waals surface area contributed by atoms with Gasteiger partial charge < -0.3 is 5.32 Å². The van der Waals surface area contributed by atoms with Gasteiger partial charge in [-0.1, -0.05) is 20.8 Å². The molecule has 102 valence electrons. The minimum absolute atomic E-state index is 0.134. The summed E-state index contributed by atoms with van der Waals surface area (Å²) in [6.07, 6.45) is 0.951. The van der Waals surface area contributed by atoms with Crippen molar-refractivity contribution in [2.45, 2.75) is 50.0 Å². The summed E-state index contributed by atoms with van der Waals surface area (Å²) in [5.74, 6) is 0.474. The molecule has 1 heterocycles. The molecule has 2 N–H and O–H groups in total. The molecular weight excluding hydrogens is 268 g/mol. The number of nitrogens with one attached hydrogen (secondary N) is 2. The highest BCUT2D eigenvalue weighted by Gasteiger charge is 2.36. The highest BCUT2D eigenvalue weighted by atomic mass is 32.2. The Morgan fingerprint density at radius 2 is 2.17 bits per heavy atom. The van der Waals surface area contributed by atoms with Gasteiger partial charge >= 0.3 is 0 Å². The molecule has 18 heavy (non-hydrogen) atoms. The average Bonchev–Trinajstić information content (AvgIpc) is 2.81. The minimum Gasteiger partial charge on any atom is -0.310 e. The summed E-state index contributed by atoms with van der Waals surface area (Å²) >= 11 is 1.29. The Kier molecular flexibility index (Phi) is 4.11. The van der Waals surface area contributed by atoms with Crippen LogP contribution in [0.4, 0.5) is 0 Å². The molecule has 0 saturated heterocycles. The number of sulfonamides is 1. The van der Waals surface area contributed by atoms with Gasteiger partial charge in [0.2, 0.25) is 10.0 Å². The van der Waals surface area contributed by atoms with Gasteiger partial charge in [0.25, 0.3) is 0 Å². The van der Waals surface area contributed by atoms with Gasteiger partial charge in [0.05, 0.1) is 0 Å². The molecule has 1 fully saturated rings. The standard InChI is InChI=1S/C12H20N2O2S2/c1-8(2)13-6-10-5-12(17-7-10)18(15,16)14-11-4-9(11)3/h5,7-9,11,13-14H,4,6H2,1-3H3. The lowest BCUT2D eigenvalue weighted by Crippen LogP contribution is -2.26. The first-order valence-electron chi connectivity index (χ1n) is 6.21. The zero-order valence-electron chi connectivity index (χ0n) is 10.9. The van der Waals surface area contributed by atoms with E-state index in [-0.39, 0.29) is 6.04 Å². The van der Waals surface area contributed by atoms with E-state index in [1.54, 1.807) is 6.07 Å². The number of rotatable bonds is 6. The van der Waals surface area contributed by atoms with E-state index in [4.69, 9.17) is 0 Å². The molecule has 2 unspecified atom stereocenters. The highest BCUT2D eigenvalue weighted by Crippen LogP contribution is 2.31. The Labute approximate surface area is 113 Å². The van der Waals surface area contributed by atoms with Crippen molar-refractivity contribution in [3.63, 3.8) is 0 Å². The van der Waals surface area contributed by atoms with E-state index in [1.807, 2.05) is 5.38 Å². The molecule has 0 aromatic carbocycles. The maximum absolute atomic E-state index is 12.1. The molecule has 1 aromatic heterocycles. The third kappa shape index (κ3) is 3.54. The fourth-order valence-corrected chi connectivity index (χ4v) is 4.24. The number of hydrogen-bond acceptors (Lipinski definition) is 4. The predicted octanol–water partition coefficient (Wildman–Crippen LogP) is 1.93. The molecule has 2 rings (SSSR count). The fourth-order valence-electron chi connectivity index (χ4n) is 1.65. The Bertz CT molecular complexity index is 508. The first-order chi connectivity index (χ1) is 8.38. The molecule has 0 aliphatic heterocycles. The molecule has 0 amide bonds. The summed E-state index contributed by atoms with van der Waals surface area (Å²) in [7, 11) is -3.31. The quantitative estimate of drug-likeness (QED) is 0.841. The van der Waals surface area contributed by atoms with E-state index in [9.17, 15) is 8.42 Å². The van der Waals surface area contributed by atoms with Crippen molar-refractivity contribution in [3.8, 4) is 0 Å². The second kappa shape index (κ2) is 5.28. The lowest BCUT2D eigenvalue weighted by molar-refractivity contribution is 0.579. The molecule has 6 heteroatoms. The van der Waals surface area contributed by atoms with Crippen molar-refractivity contribution >= 4 is 21.4 Å². The van der Waals surface area contributed by atoms with Crippen LogP contribution in [0.1, 0.15) is 32.8 Å². The second-order valence-corrected chi connectivity index (χ2v) is 8.10. The van der Waals surface area contributed by atoms with Crippen molar-refractivity contribution in [2.75, 3.05) is 0 Å². The second-order valence-electron chi connectivity index (χ2n) is 5.25. The Morgan fingerprint density at radius 3 is 2.72 bits per heavy atom. The zero-order valence-corrected chi connectivity index (χ0v) is 12.6. The van der Waals surface area contributed by atoms with E-state index in [0.717, 1.165) is 12.0 Å². The summed E-state index contributed by atoms with van der Waals surface area (Å²) in [4.78, 5) is 0. The van der Waals surface area contributed by atoms with E-state index in [0.29, 0.717) is 22.7 Å². The monoisotopic (exact) mass is 288 g/mol. The molecule has 1 aliphatic rings. The summed E-state index contributed by atoms with van der Waals surface area (Å²) in [6, 6.07) is 2.29. The predicted molar refractivity (Wildman–Crippen MR) is 74.2 cm³/mol. The number of thiophene rings is 1. The first kappa shape index (κ1) is 14.0. The van der Waals surface area contributed by atoms with Crippen LogP contribution in [0, 0.1) is 5.92 Å². The van der Waals surface area contributed by atoms with Crippen LogP contribution in [-0.2, 0) is 16.6 Å². The minimum atomic E-state index is -3.31. The van der Waals surface area contributed by atoms with Crippen LogP contribution in [0.25, 0.3) is 0 Å². The van der Waals surface area contributed by atoms with Gasteiger partial charge in [0.1, 0.15) is 4.21 Å². The third-order valence-electron chi connectivity index (χ3n) is 3.02. The maximum Gasteiger partial charge on any atom is 0.250 e. The van der Waals surface area contributed by atoms with Crippen LogP contribution in [0.2, 0.25) is 0 Å². The lowest BCUT2D eigenvalue weighted by atomic mass is 10.3. The normalized spacial score (nSPS) is 23.6. The van der Waals surface area contributed by atoms with Crippen LogP contribution in [0.15, 0.2) is 15.7 Å². The van der Waals surface area contributed by atoms with Crippen LogP contribution < -0.4 is 10.0 Å². The van der Waals surface area contributed by atoms with Gasteiger partial charge in [-0.2, -0.15) is 0 Å². The highest BCUT2D eigenvalue weighted by molar-refractivity contribution is 7.91. The Balaban J connectivity index is 2.00. The molecule has 4 nitrogen and oxygen atoms in total. The molecule has 1 aliphatic carbocycles. The summed E-state index contributed by atoms with van der Waals surface area (Å²) < 4.78 is 27.3. The molecule has 1 aromatic rings. The topological polar surface area (TPSA) is 58.2 Å². The van der Waals surface area contributed by atoms with Crippen molar-refractivity contribution in [1.29, 1.82) is 0 Å². The summed E-state index contributed by atoms with van der Waals surface area (Å²) in [6.45, 7) is 6.91. The van der Waals surface area contributed by atoms with E-state index in [1.165, 1.54) is 11.3 Å². The van der Waals surface area contributed by atoms with Crippen molar-refractivity contribution in [3.05, 3.63) is 17.0 Å². The van der Waals surface area contributed by atoms with Gasteiger partial charge in [-0.3, -0.25) is 0 Å². The van der Waals surface area contributed by atoms with E-state index >= 15 is 0 Å². The molecular formula is C12H20N2O2S2. The van der Waals surface area contributed by atoms with Crippen LogP contribution >= 0.6 is 11.3 Å². The van der Waals surface area contributed by atoms with Crippen LogP contribution in [-0.4, -0.2) is 20.5 Å². The van der Waals surface area contributed by atoms with Gasteiger partial charge in [0, 0.05) is 18.6 Å². The van der Waals surface area contributed by atoms with Gasteiger partial charge in [-0.15, -0.1) is 11.3 Å². The zero-order chi connectivity index (χ0) is 13.3. The summed E-state index contributed by atoms with van der Waals surface area (Å²) in [5.41, 5.74) is 1.03. The van der Waals surface area contributed by atoms with Gasteiger partial charge in [-0.05, 0) is 29.3 Å². The molecule has 0 radical (unpaired) electrons. The Morgan fingerprint density at radius 1 is 1.50 bits per heavy atom. The maximum atomic E-state index is 12.1. The van der Waals surface area contributed by atoms with E-state index < -0.39 is 10.0 Å². The molecule has 0 spiro atoms. The Hall–Kier alpha value is -0.430. The largest absolute Gasteiger partial charge is 0.310 e. The van der Waals surface area contributed by atoms with Crippen LogP contribution in [0.3, 0.4) is 0 Å². The smallest absolute Gasteiger partial charge is 0.250 e. The fraction of sp³-hybridized carbons (Fsp3) is 0.667. The summed E-state index contributed by atoms with van der Waals surface area (Å²) in [5, 5.41) is 5.18. The lowest BCUT2D eigenvalue weighted by Gasteiger charge is -2.05. The average molecular weight is 288 g/mol. The molecule has 0 bridgehead atoms. The van der Waals surface area contributed by atoms with Gasteiger partial charge in [-0.25, -0.2) is 13.1 Å².